The topological polar surface area (TPSA) is 102 Å². The molecule has 0 bridgehead atoms. The molecule has 0 saturated carbocycles. The lowest BCUT2D eigenvalue weighted by Gasteiger charge is -2.34. The molecular weight excluding hydrogens is 442 g/mol. The van der Waals surface area contributed by atoms with Crippen LogP contribution in [0.1, 0.15) is 36.6 Å². The normalized spacial score (nSPS) is 19.3. The maximum Gasteiger partial charge on any atom is 0.291 e. The highest BCUT2D eigenvalue weighted by Crippen LogP contribution is 2.27. The number of hydrogen-bond acceptors (Lipinski definition) is 5. The maximum atomic E-state index is 13.0. The van der Waals surface area contributed by atoms with Crippen molar-refractivity contribution in [3.63, 3.8) is 0 Å². The summed E-state index contributed by atoms with van der Waals surface area (Å²) < 4.78 is 34.6. The fraction of sp³-hybridized carbons (Fsp3) is 0.333. The molecule has 33 heavy (non-hydrogen) atoms. The Hall–Kier alpha value is -3.17. The van der Waals surface area contributed by atoms with Gasteiger partial charge in [-0.15, -0.1) is 0 Å². The van der Waals surface area contributed by atoms with Crippen LogP contribution in [0.25, 0.3) is 0 Å². The van der Waals surface area contributed by atoms with Crippen LogP contribution < -0.4 is 10.9 Å². The lowest BCUT2D eigenvalue weighted by atomic mass is 9.94. The van der Waals surface area contributed by atoms with Crippen LogP contribution in [0.4, 0.5) is 5.69 Å². The average Bonchev–Trinajstić information content (AvgIpc) is 3.24. The number of nitrogens with zero attached hydrogens (tertiary/aromatic N) is 2. The van der Waals surface area contributed by atoms with E-state index in [1.807, 2.05) is 0 Å². The molecule has 8 nitrogen and oxygen atoms in total. The van der Waals surface area contributed by atoms with Crippen molar-refractivity contribution in [2.45, 2.75) is 31.7 Å². The predicted molar refractivity (Wildman–Crippen MR) is 125 cm³/mol. The first-order valence-electron chi connectivity index (χ1n) is 10.9. The number of carbonyl (C=O) groups is 1. The summed E-state index contributed by atoms with van der Waals surface area (Å²) in [7, 11) is -3.58. The van der Waals surface area contributed by atoms with Gasteiger partial charge in [0.25, 0.3) is 11.5 Å². The largest absolute Gasteiger partial charge is 0.454 e. The highest BCUT2D eigenvalue weighted by molar-refractivity contribution is 7.89. The molecule has 2 unspecified atom stereocenters. The summed E-state index contributed by atoms with van der Waals surface area (Å²) in [5, 5.41) is 2.71. The van der Waals surface area contributed by atoms with Gasteiger partial charge < -0.3 is 14.3 Å². The van der Waals surface area contributed by atoms with Gasteiger partial charge in [0.1, 0.15) is 5.76 Å². The molecule has 1 N–H and O–H groups in total. The smallest absolute Gasteiger partial charge is 0.291 e. The van der Waals surface area contributed by atoms with Crippen molar-refractivity contribution in [1.82, 2.24) is 8.87 Å². The van der Waals surface area contributed by atoms with Crippen molar-refractivity contribution in [3.8, 4) is 0 Å². The fourth-order valence-electron chi connectivity index (χ4n) is 4.20. The molecule has 0 radical (unpaired) electrons. The monoisotopic (exact) mass is 469 g/mol. The minimum Gasteiger partial charge on any atom is -0.454 e. The van der Waals surface area contributed by atoms with Gasteiger partial charge in [-0.25, -0.2) is 8.42 Å². The number of carbonyl (C=O) groups excluding carboxylic acids is 1. The van der Waals surface area contributed by atoms with Crippen LogP contribution >= 0.6 is 0 Å². The van der Waals surface area contributed by atoms with E-state index in [0.717, 1.165) is 6.42 Å². The van der Waals surface area contributed by atoms with Crippen LogP contribution in [-0.4, -0.2) is 36.3 Å². The minimum absolute atomic E-state index is 0.0990. The summed E-state index contributed by atoms with van der Waals surface area (Å²) in [5.74, 6) is 0.749. The number of furan rings is 1. The zero-order valence-electron chi connectivity index (χ0n) is 18.6. The van der Waals surface area contributed by atoms with Crippen molar-refractivity contribution in [3.05, 3.63) is 82.7 Å². The molecule has 4 rings (SSSR count). The Morgan fingerprint density at radius 3 is 2.39 bits per heavy atom. The summed E-state index contributed by atoms with van der Waals surface area (Å²) in [4.78, 5) is 24.6. The molecule has 1 fully saturated rings. The number of nitrogens with one attached hydrogen (secondary N) is 1. The van der Waals surface area contributed by atoms with E-state index >= 15 is 0 Å². The third kappa shape index (κ3) is 5.26. The zero-order chi connectivity index (χ0) is 23.6. The molecule has 3 aromatic rings. The van der Waals surface area contributed by atoms with Crippen molar-refractivity contribution in [1.29, 1.82) is 0 Å². The van der Waals surface area contributed by atoms with Crippen LogP contribution in [0.2, 0.25) is 0 Å². The number of rotatable bonds is 6. The van der Waals surface area contributed by atoms with Crippen molar-refractivity contribution < 1.29 is 17.6 Å². The molecule has 174 valence electrons. The number of anilines is 1. The molecule has 0 aliphatic carbocycles. The van der Waals surface area contributed by atoms with Crippen LogP contribution in [0.5, 0.6) is 0 Å². The minimum atomic E-state index is -3.58. The van der Waals surface area contributed by atoms with E-state index in [1.54, 1.807) is 40.8 Å². The first-order valence-corrected chi connectivity index (χ1v) is 12.3. The first-order chi connectivity index (χ1) is 15.7. The Labute approximate surface area is 192 Å². The van der Waals surface area contributed by atoms with E-state index < -0.39 is 15.9 Å². The summed E-state index contributed by atoms with van der Waals surface area (Å²) in [6.07, 6.45) is 2.67. The van der Waals surface area contributed by atoms with Gasteiger partial charge in [0, 0.05) is 31.0 Å². The van der Waals surface area contributed by atoms with Crippen LogP contribution in [0.3, 0.4) is 0 Å². The van der Waals surface area contributed by atoms with Crippen LogP contribution in [-0.2, 0) is 16.6 Å². The van der Waals surface area contributed by atoms with E-state index in [9.17, 15) is 18.0 Å². The van der Waals surface area contributed by atoms with Gasteiger partial charge in [0.05, 0.1) is 11.4 Å². The molecule has 2 atom stereocenters. The number of piperidine rings is 1. The SMILES string of the molecule is CC1CC(C)CN(S(=O)(=O)c2ccc(NC(=O)c3ccc(Cn4ccccc4=O)o3)cc2)C1. The molecule has 1 amide bonds. The van der Waals surface area contributed by atoms with Crippen LogP contribution in [0, 0.1) is 11.8 Å². The number of pyridine rings is 1. The molecule has 9 heteroatoms. The number of sulfonamides is 1. The molecule has 1 aliphatic rings. The Bertz CT molecular complexity index is 1280. The van der Waals surface area contributed by atoms with E-state index in [-0.39, 0.29) is 22.8 Å². The Morgan fingerprint density at radius 1 is 1.03 bits per heavy atom. The second-order valence-corrected chi connectivity index (χ2v) is 10.6. The van der Waals surface area contributed by atoms with E-state index in [1.165, 1.54) is 28.8 Å². The van der Waals surface area contributed by atoms with Crippen molar-refractivity contribution in [2.24, 2.45) is 11.8 Å². The molecular formula is C24H27N3O5S. The van der Waals surface area contributed by atoms with Gasteiger partial charge >= 0.3 is 0 Å². The number of hydrogen-bond donors (Lipinski definition) is 1. The predicted octanol–water partition coefficient (Wildman–Crippen LogP) is 3.41. The Balaban J connectivity index is 1.42. The summed E-state index contributed by atoms with van der Waals surface area (Å²) in [6.45, 7) is 5.37. The summed E-state index contributed by atoms with van der Waals surface area (Å²) in [5.41, 5.74) is 0.292. The molecule has 1 aliphatic heterocycles. The average molecular weight is 470 g/mol. The zero-order valence-corrected chi connectivity index (χ0v) is 19.4. The van der Waals surface area contributed by atoms with Crippen molar-refractivity contribution >= 4 is 21.6 Å². The second kappa shape index (κ2) is 9.36. The van der Waals surface area contributed by atoms with Gasteiger partial charge in [-0.2, -0.15) is 4.31 Å². The van der Waals surface area contributed by atoms with Gasteiger partial charge in [0.2, 0.25) is 10.0 Å². The first kappa shape index (κ1) is 23.0. The summed E-state index contributed by atoms with van der Waals surface area (Å²) in [6, 6.07) is 14.2. The number of benzene rings is 1. The molecule has 0 spiro atoms. The Kier molecular flexibility index (Phi) is 6.53. The lowest BCUT2D eigenvalue weighted by molar-refractivity contribution is 0.0994. The van der Waals surface area contributed by atoms with E-state index in [0.29, 0.717) is 36.4 Å². The van der Waals surface area contributed by atoms with Crippen molar-refractivity contribution in [2.75, 3.05) is 18.4 Å². The molecule has 1 aromatic carbocycles. The highest BCUT2D eigenvalue weighted by atomic mass is 32.2. The van der Waals surface area contributed by atoms with Gasteiger partial charge in [0.15, 0.2) is 5.76 Å². The number of amides is 1. The van der Waals surface area contributed by atoms with Gasteiger partial charge in [-0.05, 0) is 60.7 Å². The van der Waals surface area contributed by atoms with E-state index in [2.05, 4.69) is 19.2 Å². The maximum absolute atomic E-state index is 13.0. The van der Waals surface area contributed by atoms with E-state index in [4.69, 9.17) is 4.42 Å². The third-order valence-corrected chi connectivity index (χ3v) is 7.54. The summed E-state index contributed by atoms with van der Waals surface area (Å²) >= 11 is 0. The standard InChI is InChI=1S/C24H27N3O5S/c1-17-13-18(2)15-27(14-17)33(30,31)21-9-6-19(7-10-21)25-24(29)22-11-8-20(32-22)16-26-12-4-3-5-23(26)28/h3-12,17-18H,13-16H2,1-2H3,(H,25,29). The molecule has 1 saturated heterocycles. The van der Waals surface area contributed by atoms with Crippen LogP contribution in [0.15, 0.2) is 74.9 Å². The third-order valence-electron chi connectivity index (χ3n) is 5.70. The quantitative estimate of drug-likeness (QED) is 0.596. The lowest BCUT2D eigenvalue weighted by Crippen LogP contribution is -2.42. The molecule has 3 heterocycles. The fourth-order valence-corrected chi connectivity index (χ4v) is 5.88. The highest BCUT2D eigenvalue weighted by Gasteiger charge is 2.31. The number of aromatic nitrogens is 1. The second-order valence-electron chi connectivity index (χ2n) is 8.68. The Morgan fingerprint density at radius 2 is 1.73 bits per heavy atom. The molecule has 2 aromatic heterocycles. The van der Waals surface area contributed by atoms with Gasteiger partial charge in [-0.3, -0.25) is 9.59 Å². The van der Waals surface area contributed by atoms with Gasteiger partial charge in [-0.1, -0.05) is 19.9 Å².